The molecule has 1 aliphatic carbocycles. The molecule has 0 amide bonds. The molecule has 126 valence electrons. The Morgan fingerprint density at radius 2 is 2.04 bits per heavy atom. The molecule has 2 fully saturated rings. The molecule has 0 N–H and O–H groups in total. The topological polar surface area (TPSA) is 9.23 Å². The summed E-state index contributed by atoms with van der Waals surface area (Å²) >= 11 is 8.13. The normalized spacial score (nSPS) is 35.8. The Morgan fingerprint density at radius 1 is 1.29 bits per heavy atom. The highest BCUT2D eigenvalue weighted by Gasteiger charge is 2.52. The molecule has 0 unspecified atom stereocenters. The van der Waals surface area contributed by atoms with Gasteiger partial charge in [0.1, 0.15) is 5.47 Å². The van der Waals surface area contributed by atoms with E-state index < -0.39 is 5.47 Å². The first-order valence-electron chi connectivity index (χ1n) is 8.54. The van der Waals surface area contributed by atoms with Gasteiger partial charge in [-0.2, -0.15) is 0 Å². The van der Waals surface area contributed by atoms with Crippen LogP contribution in [-0.2, 0) is 16.3 Å². The molecule has 1 saturated carbocycles. The molecule has 2 aliphatic rings. The fourth-order valence-electron chi connectivity index (χ4n) is 3.97. The van der Waals surface area contributed by atoms with Gasteiger partial charge in [0.2, 0.25) is 0 Å². The van der Waals surface area contributed by atoms with Crippen LogP contribution in [0.4, 0.5) is 0 Å². The van der Waals surface area contributed by atoms with Gasteiger partial charge < -0.3 is 4.52 Å². The molecule has 2 aromatic carbocycles. The minimum Gasteiger partial charge on any atom is -0.330 e. The van der Waals surface area contributed by atoms with E-state index >= 15 is 0 Å². The molecule has 1 heterocycles. The number of rotatable bonds is 2. The molecule has 0 bridgehead atoms. The van der Waals surface area contributed by atoms with Crippen LogP contribution in [0.1, 0.15) is 33.1 Å². The van der Waals surface area contributed by atoms with E-state index in [-0.39, 0.29) is 5.60 Å². The lowest BCUT2D eigenvalue weighted by Gasteiger charge is -2.38. The average Bonchev–Trinajstić information content (AvgIpc) is 2.84. The molecule has 1 aliphatic heterocycles. The van der Waals surface area contributed by atoms with E-state index in [9.17, 15) is 0 Å². The summed E-state index contributed by atoms with van der Waals surface area (Å²) in [6, 6.07) is 15.0. The zero-order valence-electron chi connectivity index (χ0n) is 14.2. The van der Waals surface area contributed by atoms with E-state index in [1.165, 1.54) is 28.1 Å². The third-order valence-electron chi connectivity index (χ3n) is 5.52. The van der Waals surface area contributed by atoms with Gasteiger partial charge in [0, 0.05) is 10.6 Å². The van der Waals surface area contributed by atoms with Gasteiger partial charge in [-0.3, -0.25) is 0 Å². The van der Waals surface area contributed by atoms with Crippen LogP contribution in [0.25, 0.3) is 10.8 Å². The number of hydrogen-bond acceptors (Lipinski definition) is 3. The Balaban J connectivity index is 1.74. The molecular weight excluding hydrogens is 351 g/mol. The molecule has 24 heavy (non-hydrogen) atoms. The summed E-state index contributed by atoms with van der Waals surface area (Å²) < 4.78 is 6.72. The van der Waals surface area contributed by atoms with Crippen molar-refractivity contribution < 1.29 is 4.52 Å². The van der Waals surface area contributed by atoms with Crippen molar-refractivity contribution in [3.63, 3.8) is 0 Å². The smallest absolute Gasteiger partial charge is 0.150 e. The number of hydrogen-bond donors (Lipinski definition) is 0. The van der Waals surface area contributed by atoms with Crippen molar-refractivity contribution in [3.8, 4) is 0 Å². The van der Waals surface area contributed by atoms with Crippen LogP contribution in [0.3, 0.4) is 0 Å². The summed E-state index contributed by atoms with van der Waals surface area (Å²) in [6.45, 7) is 8.62. The highest BCUT2D eigenvalue weighted by atomic mass is 32.9. The van der Waals surface area contributed by atoms with Crippen LogP contribution < -0.4 is 5.30 Å². The summed E-state index contributed by atoms with van der Waals surface area (Å²) in [6.07, 6.45) is 3.42. The zero-order valence-corrected chi connectivity index (χ0v) is 16.7. The van der Waals surface area contributed by atoms with E-state index in [1.54, 1.807) is 0 Å². The van der Waals surface area contributed by atoms with Crippen LogP contribution >= 0.6 is 16.8 Å². The van der Waals surface area contributed by atoms with Gasteiger partial charge in [0.15, 0.2) is 0 Å². The van der Waals surface area contributed by atoms with Crippen molar-refractivity contribution in [2.45, 2.75) is 44.0 Å². The van der Waals surface area contributed by atoms with Gasteiger partial charge >= 0.3 is 0 Å². The molecule has 4 heteroatoms. The highest BCUT2D eigenvalue weighted by Crippen LogP contribution is 2.73. The molecule has 2 aromatic rings. The van der Waals surface area contributed by atoms with Crippen molar-refractivity contribution in [3.05, 3.63) is 54.6 Å². The lowest BCUT2D eigenvalue weighted by atomic mass is 9.77. The first-order chi connectivity index (χ1) is 11.4. The summed E-state index contributed by atoms with van der Waals surface area (Å²) in [5.41, 5.74) is -0.847. The van der Waals surface area contributed by atoms with Gasteiger partial charge in [0.25, 0.3) is 0 Å². The number of benzene rings is 2. The Kier molecular flexibility index (Phi) is 4.20. The van der Waals surface area contributed by atoms with Crippen molar-refractivity contribution in [1.29, 1.82) is 0 Å². The molecule has 4 atom stereocenters. The molecule has 0 aromatic heterocycles. The lowest BCUT2D eigenvalue weighted by molar-refractivity contribution is 0.0685. The van der Waals surface area contributed by atoms with Crippen molar-refractivity contribution in [2.75, 3.05) is 0 Å². The van der Waals surface area contributed by atoms with Gasteiger partial charge in [-0.15, -0.1) is 0 Å². The van der Waals surface area contributed by atoms with Crippen LogP contribution in [0.2, 0.25) is 0 Å². The average molecular weight is 375 g/mol. The van der Waals surface area contributed by atoms with E-state index in [1.807, 2.05) is 11.4 Å². The predicted octanol–water partition coefficient (Wildman–Crippen LogP) is 6.04. The monoisotopic (exact) mass is 374 g/mol. The molecule has 1 saturated heterocycles. The summed E-state index contributed by atoms with van der Waals surface area (Å²) in [5.74, 6) is 0.619. The second kappa shape index (κ2) is 5.99. The van der Waals surface area contributed by atoms with E-state index in [0.29, 0.717) is 11.2 Å². The van der Waals surface area contributed by atoms with Gasteiger partial charge in [0.05, 0.1) is 5.60 Å². The standard InChI is InChI=1S/C20H23OPS2/c1-14(2)16-11-12-20(3)19(13-16)24-22(23,21-20)18-10-6-8-15-7-4-5-9-17(15)18/h4-10,16,19H,1,11-13H2,2-3H3/t16-,19+,20+,22+/m0/s1. The van der Waals surface area contributed by atoms with E-state index in [2.05, 4.69) is 62.9 Å². The molecule has 0 spiro atoms. The van der Waals surface area contributed by atoms with Crippen molar-refractivity contribution in [2.24, 2.45) is 5.92 Å². The Morgan fingerprint density at radius 3 is 2.83 bits per heavy atom. The molecular formula is C20H23OPS2. The van der Waals surface area contributed by atoms with E-state index in [4.69, 9.17) is 16.3 Å². The minimum atomic E-state index is -2.08. The Hall–Kier alpha value is -0.600. The maximum atomic E-state index is 6.72. The van der Waals surface area contributed by atoms with Gasteiger partial charge in [-0.25, -0.2) is 0 Å². The van der Waals surface area contributed by atoms with Crippen molar-refractivity contribution in [1.82, 2.24) is 0 Å². The second-order valence-corrected chi connectivity index (χ2v) is 14.2. The zero-order chi connectivity index (χ0) is 16.9. The molecule has 0 radical (unpaired) electrons. The summed E-state index contributed by atoms with van der Waals surface area (Å²) in [4.78, 5) is 0. The first-order valence-corrected chi connectivity index (χ1v) is 12.7. The molecule has 4 rings (SSSR count). The Bertz CT molecular complexity index is 856. The molecule has 1 nitrogen and oxygen atoms in total. The third kappa shape index (κ3) is 2.70. The Labute approximate surface area is 153 Å². The third-order valence-corrected chi connectivity index (χ3v) is 12.4. The number of allylic oxidation sites excluding steroid dienone is 1. The minimum absolute atomic E-state index is 0.0803. The van der Waals surface area contributed by atoms with Crippen LogP contribution in [0.15, 0.2) is 54.6 Å². The quantitative estimate of drug-likeness (QED) is 0.468. The van der Waals surface area contributed by atoms with Gasteiger partial charge in [-0.05, 0) is 49.8 Å². The maximum absolute atomic E-state index is 6.72. The predicted molar refractivity (Wildman–Crippen MR) is 111 cm³/mol. The second-order valence-electron chi connectivity index (χ2n) is 7.31. The van der Waals surface area contributed by atoms with Gasteiger partial charge in [-0.1, -0.05) is 77.8 Å². The fourth-order valence-corrected chi connectivity index (χ4v) is 12.2. The van der Waals surface area contributed by atoms with Crippen LogP contribution in [0.5, 0.6) is 0 Å². The summed E-state index contributed by atoms with van der Waals surface area (Å²) in [7, 11) is 0. The maximum Gasteiger partial charge on any atom is 0.150 e. The number of fused-ring (bicyclic) bond motifs is 2. The van der Waals surface area contributed by atoms with Crippen molar-refractivity contribution >= 4 is 44.7 Å². The largest absolute Gasteiger partial charge is 0.330 e. The fraction of sp³-hybridized carbons (Fsp3) is 0.400. The lowest BCUT2D eigenvalue weighted by Crippen LogP contribution is -2.40. The van der Waals surface area contributed by atoms with Crippen LogP contribution in [-0.4, -0.2) is 10.9 Å². The van der Waals surface area contributed by atoms with Crippen LogP contribution in [0, 0.1) is 5.92 Å². The SMILES string of the molecule is C=C(C)[C@H]1CC[C@@]2(C)O[P@@](=S)(c3cccc4ccccc34)S[C@@H]2C1. The first kappa shape index (κ1) is 16.8. The summed E-state index contributed by atoms with van der Waals surface area (Å²) in [5, 5.41) is 4.23. The van der Waals surface area contributed by atoms with E-state index in [0.717, 1.165) is 12.8 Å². The highest BCUT2D eigenvalue weighted by molar-refractivity contribution is 8.72.